The fourth-order valence-electron chi connectivity index (χ4n) is 2.66. The number of carbonyl (C=O) groups is 1. The molecule has 0 bridgehead atoms. The zero-order chi connectivity index (χ0) is 16.0. The molecule has 1 aliphatic carbocycles. The number of anilines is 1. The van der Waals surface area contributed by atoms with Gasteiger partial charge in [-0.25, -0.2) is 0 Å². The van der Waals surface area contributed by atoms with Crippen LogP contribution in [0.5, 0.6) is 0 Å². The van der Waals surface area contributed by atoms with Gasteiger partial charge in [0.25, 0.3) is 0 Å². The summed E-state index contributed by atoms with van der Waals surface area (Å²) in [7, 11) is 1.83. The highest BCUT2D eigenvalue weighted by molar-refractivity contribution is 5.96. The van der Waals surface area contributed by atoms with Crippen LogP contribution in [-0.2, 0) is 4.79 Å². The molecule has 1 aromatic carbocycles. The lowest BCUT2D eigenvalue weighted by Gasteiger charge is -2.18. The Hall–Kier alpha value is -2.76. The first-order chi connectivity index (χ1) is 11.1. The molecule has 23 heavy (non-hydrogen) atoms. The first kappa shape index (κ1) is 13.9. The van der Waals surface area contributed by atoms with Crippen molar-refractivity contribution in [2.45, 2.75) is 19.8 Å². The van der Waals surface area contributed by atoms with E-state index in [0.717, 1.165) is 41.3 Å². The summed E-state index contributed by atoms with van der Waals surface area (Å²) in [6.45, 7) is 1.87. The molecule has 2 aromatic heterocycles. The monoisotopic (exact) mass is 307 g/mol. The number of nitrogens with zero attached hydrogens (tertiary/aromatic N) is 5. The highest BCUT2D eigenvalue weighted by Gasteiger charge is 2.32. The van der Waals surface area contributed by atoms with E-state index in [2.05, 4.69) is 15.3 Å². The highest BCUT2D eigenvalue weighted by atomic mass is 16.2. The Bertz CT molecular complexity index is 897. The van der Waals surface area contributed by atoms with Crippen molar-refractivity contribution in [1.29, 1.82) is 0 Å². The van der Waals surface area contributed by atoms with Gasteiger partial charge in [0.2, 0.25) is 5.91 Å². The minimum Gasteiger partial charge on any atom is -0.315 e. The smallest absolute Gasteiger partial charge is 0.229 e. The van der Waals surface area contributed by atoms with E-state index in [1.54, 1.807) is 9.42 Å². The Morgan fingerprint density at radius 1 is 1.22 bits per heavy atom. The van der Waals surface area contributed by atoms with E-state index >= 15 is 0 Å². The molecule has 3 aromatic rings. The molecule has 0 N–H and O–H groups in total. The van der Waals surface area contributed by atoms with Crippen LogP contribution in [0.3, 0.4) is 0 Å². The van der Waals surface area contributed by atoms with E-state index in [9.17, 15) is 4.79 Å². The number of hydrogen-bond acceptors (Lipinski definition) is 4. The number of aromatic nitrogens is 4. The quantitative estimate of drug-likeness (QED) is 0.745. The van der Waals surface area contributed by atoms with E-state index in [0.29, 0.717) is 0 Å². The van der Waals surface area contributed by atoms with Gasteiger partial charge in [-0.1, -0.05) is 12.1 Å². The summed E-state index contributed by atoms with van der Waals surface area (Å²) >= 11 is 0. The lowest BCUT2D eigenvalue weighted by atomic mass is 10.1. The Labute approximate surface area is 133 Å². The molecular weight excluding hydrogens is 290 g/mol. The van der Waals surface area contributed by atoms with Crippen LogP contribution in [0, 0.1) is 12.8 Å². The van der Waals surface area contributed by atoms with Crippen LogP contribution in [-0.4, -0.2) is 32.8 Å². The van der Waals surface area contributed by atoms with E-state index in [-0.39, 0.29) is 11.8 Å². The van der Waals surface area contributed by atoms with Gasteiger partial charge in [-0.05, 0) is 44.0 Å². The zero-order valence-electron chi connectivity index (χ0n) is 13.1. The van der Waals surface area contributed by atoms with Gasteiger partial charge < -0.3 is 4.90 Å². The Morgan fingerprint density at radius 2 is 2.04 bits per heavy atom. The van der Waals surface area contributed by atoms with E-state index in [1.807, 2.05) is 50.4 Å². The highest BCUT2D eigenvalue weighted by Crippen LogP contribution is 2.33. The first-order valence-corrected chi connectivity index (χ1v) is 7.70. The van der Waals surface area contributed by atoms with Crippen molar-refractivity contribution in [3.05, 3.63) is 42.2 Å². The van der Waals surface area contributed by atoms with Crippen LogP contribution in [0.15, 0.2) is 36.4 Å². The molecular formula is C17H17N5O. The largest absolute Gasteiger partial charge is 0.315 e. The zero-order valence-corrected chi connectivity index (χ0v) is 13.1. The molecule has 0 atom stereocenters. The first-order valence-electron chi connectivity index (χ1n) is 7.70. The molecule has 0 unspecified atom stereocenters. The third kappa shape index (κ3) is 2.46. The number of hydrogen-bond donors (Lipinski definition) is 0. The van der Waals surface area contributed by atoms with Gasteiger partial charge >= 0.3 is 0 Å². The maximum atomic E-state index is 12.2. The molecule has 4 rings (SSSR count). The maximum Gasteiger partial charge on any atom is 0.229 e. The fourth-order valence-corrected chi connectivity index (χ4v) is 2.66. The second-order valence-electron chi connectivity index (χ2n) is 5.96. The Kier molecular flexibility index (Phi) is 3.11. The van der Waals surface area contributed by atoms with Crippen LogP contribution < -0.4 is 4.90 Å². The number of carbonyl (C=O) groups excluding carboxylic acids is 1. The van der Waals surface area contributed by atoms with Crippen molar-refractivity contribution in [1.82, 2.24) is 19.8 Å². The lowest BCUT2D eigenvalue weighted by molar-refractivity contribution is -0.119. The molecule has 1 amide bonds. The van der Waals surface area contributed by atoms with Gasteiger partial charge in [0.05, 0.1) is 5.69 Å². The van der Waals surface area contributed by atoms with Gasteiger partial charge in [0.15, 0.2) is 11.5 Å². The summed E-state index contributed by atoms with van der Waals surface area (Å²) in [6.07, 6.45) is 2.02. The van der Waals surface area contributed by atoms with Crippen LogP contribution in [0.1, 0.15) is 18.7 Å². The minimum absolute atomic E-state index is 0.195. The van der Waals surface area contributed by atoms with Gasteiger partial charge in [0.1, 0.15) is 0 Å². The van der Waals surface area contributed by atoms with Gasteiger partial charge in [-0.3, -0.25) is 4.79 Å². The van der Waals surface area contributed by atoms with Gasteiger partial charge in [-0.15, -0.1) is 10.2 Å². The summed E-state index contributed by atoms with van der Waals surface area (Å²) < 4.78 is 1.72. The molecule has 0 aliphatic heterocycles. The van der Waals surface area contributed by atoms with Crippen molar-refractivity contribution in [3.8, 4) is 11.3 Å². The third-order valence-corrected chi connectivity index (χ3v) is 4.21. The standard InChI is InChI=1S/C17H17N5O/c1-11-18-19-16-9-8-15(20-22(11)16)13-4-3-5-14(10-13)21(2)17(23)12-6-7-12/h3-5,8-10,12H,6-7H2,1-2H3. The Balaban J connectivity index is 1.71. The molecule has 116 valence electrons. The van der Waals surface area contributed by atoms with Crippen LogP contribution in [0.2, 0.25) is 0 Å². The summed E-state index contributed by atoms with van der Waals surface area (Å²) in [4.78, 5) is 14.0. The third-order valence-electron chi connectivity index (χ3n) is 4.21. The Morgan fingerprint density at radius 3 is 2.83 bits per heavy atom. The molecule has 6 nitrogen and oxygen atoms in total. The van der Waals surface area contributed by atoms with E-state index in [1.165, 1.54) is 0 Å². The predicted octanol–water partition coefficient (Wildman–Crippen LogP) is 2.47. The SMILES string of the molecule is Cc1nnc2ccc(-c3cccc(N(C)C(=O)C4CC4)c3)nn12. The number of benzene rings is 1. The maximum absolute atomic E-state index is 12.2. The molecule has 1 aliphatic rings. The van der Waals surface area contributed by atoms with Gasteiger partial charge in [0, 0.05) is 24.2 Å². The summed E-state index contributed by atoms with van der Waals surface area (Å²) in [5.74, 6) is 1.15. The van der Waals surface area contributed by atoms with E-state index in [4.69, 9.17) is 0 Å². The molecule has 0 radical (unpaired) electrons. The van der Waals surface area contributed by atoms with Crippen molar-refractivity contribution >= 4 is 17.2 Å². The van der Waals surface area contributed by atoms with Crippen molar-refractivity contribution in [3.63, 3.8) is 0 Å². The van der Waals surface area contributed by atoms with Crippen LogP contribution >= 0.6 is 0 Å². The van der Waals surface area contributed by atoms with Crippen molar-refractivity contribution in [2.24, 2.45) is 5.92 Å². The lowest BCUT2D eigenvalue weighted by Crippen LogP contribution is -2.27. The predicted molar refractivity (Wildman–Crippen MR) is 87.1 cm³/mol. The second kappa shape index (κ2) is 5.15. The van der Waals surface area contributed by atoms with Crippen LogP contribution in [0.4, 0.5) is 5.69 Å². The molecule has 1 saturated carbocycles. The topological polar surface area (TPSA) is 63.4 Å². The van der Waals surface area contributed by atoms with Crippen molar-refractivity contribution < 1.29 is 4.79 Å². The molecule has 0 spiro atoms. The summed E-state index contributed by atoms with van der Waals surface area (Å²) in [6, 6.07) is 11.7. The molecule has 1 fully saturated rings. The fraction of sp³-hybridized carbons (Fsp3) is 0.294. The summed E-state index contributed by atoms with van der Waals surface area (Å²) in [5.41, 5.74) is 3.41. The van der Waals surface area contributed by atoms with E-state index < -0.39 is 0 Å². The number of fused-ring (bicyclic) bond motifs is 1. The van der Waals surface area contributed by atoms with Crippen LogP contribution in [0.25, 0.3) is 16.9 Å². The summed E-state index contributed by atoms with van der Waals surface area (Å²) in [5, 5.41) is 12.7. The average Bonchev–Trinajstić information content (AvgIpc) is 3.38. The number of aryl methyl sites for hydroxylation is 1. The number of rotatable bonds is 3. The minimum atomic E-state index is 0.195. The van der Waals surface area contributed by atoms with Crippen molar-refractivity contribution in [2.75, 3.05) is 11.9 Å². The number of amides is 1. The average molecular weight is 307 g/mol. The molecule has 6 heteroatoms. The normalized spacial score (nSPS) is 14.2. The van der Waals surface area contributed by atoms with Gasteiger partial charge in [-0.2, -0.15) is 9.61 Å². The second-order valence-corrected chi connectivity index (χ2v) is 5.96. The molecule has 0 saturated heterocycles. The molecule has 2 heterocycles.